The van der Waals surface area contributed by atoms with Crippen LogP contribution in [0.5, 0.6) is 5.75 Å². The number of hydrogen-bond acceptors (Lipinski definition) is 1. The van der Waals surface area contributed by atoms with Gasteiger partial charge in [-0.2, -0.15) is 0 Å². The molecular formula is C12H17BrO. The van der Waals surface area contributed by atoms with Gasteiger partial charge in [0.25, 0.3) is 0 Å². The topological polar surface area (TPSA) is 9.23 Å². The maximum atomic E-state index is 5.58. The first-order chi connectivity index (χ1) is 6.83. The first-order valence-corrected chi connectivity index (χ1v) is 6.06. The molecule has 14 heavy (non-hydrogen) atoms. The Hall–Kier alpha value is -0.500. The van der Waals surface area contributed by atoms with Gasteiger partial charge in [-0.1, -0.05) is 41.1 Å². The summed E-state index contributed by atoms with van der Waals surface area (Å²) in [7, 11) is 0. The minimum Gasteiger partial charge on any atom is -0.494 e. The van der Waals surface area contributed by atoms with Crippen molar-refractivity contribution in [1.29, 1.82) is 0 Å². The van der Waals surface area contributed by atoms with Gasteiger partial charge in [0.05, 0.1) is 6.61 Å². The zero-order valence-corrected chi connectivity index (χ0v) is 10.2. The SMILES string of the molecule is CCC(Br)CCCOc1ccccc1. The standard InChI is InChI=1S/C12H17BrO/c1-2-11(13)7-6-10-14-12-8-4-3-5-9-12/h3-5,8-9,11H,2,6-7,10H2,1H3. The number of ether oxygens (including phenoxy) is 1. The number of alkyl halides is 1. The van der Waals surface area contributed by atoms with Crippen LogP contribution in [0.15, 0.2) is 30.3 Å². The molecule has 1 atom stereocenters. The lowest BCUT2D eigenvalue weighted by Gasteiger charge is -2.08. The molecule has 1 rings (SSSR count). The first kappa shape index (κ1) is 11.6. The van der Waals surface area contributed by atoms with Crippen LogP contribution in [0.4, 0.5) is 0 Å². The van der Waals surface area contributed by atoms with Crippen molar-refractivity contribution in [3.05, 3.63) is 30.3 Å². The lowest BCUT2D eigenvalue weighted by molar-refractivity contribution is 0.306. The van der Waals surface area contributed by atoms with E-state index in [-0.39, 0.29) is 0 Å². The average Bonchev–Trinajstić information content (AvgIpc) is 2.25. The third-order valence-electron chi connectivity index (χ3n) is 2.12. The maximum absolute atomic E-state index is 5.58. The van der Waals surface area contributed by atoms with Gasteiger partial charge in [-0.25, -0.2) is 0 Å². The maximum Gasteiger partial charge on any atom is 0.119 e. The third-order valence-corrected chi connectivity index (χ3v) is 3.22. The molecule has 0 N–H and O–H groups in total. The fourth-order valence-electron chi connectivity index (χ4n) is 1.22. The summed E-state index contributed by atoms with van der Waals surface area (Å²) in [4.78, 5) is 0.641. The number of benzene rings is 1. The highest BCUT2D eigenvalue weighted by atomic mass is 79.9. The molecule has 0 aliphatic rings. The Balaban J connectivity index is 2.10. The smallest absolute Gasteiger partial charge is 0.119 e. The molecule has 0 fully saturated rings. The fraction of sp³-hybridized carbons (Fsp3) is 0.500. The van der Waals surface area contributed by atoms with E-state index < -0.39 is 0 Å². The minimum atomic E-state index is 0.641. The first-order valence-electron chi connectivity index (χ1n) is 5.15. The van der Waals surface area contributed by atoms with Gasteiger partial charge in [-0.15, -0.1) is 0 Å². The highest BCUT2D eigenvalue weighted by Crippen LogP contribution is 2.13. The van der Waals surface area contributed by atoms with E-state index in [4.69, 9.17) is 4.74 Å². The van der Waals surface area contributed by atoms with Gasteiger partial charge in [0.2, 0.25) is 0 Å². The van der Waals surface area contributed by atoms with Crippen molar-refractivity contribution in [2.45, 2.75) is 31.0 Å². The van der Waals surface area contributed by atoms with Gasteiger partial charge >= 0.3 is 0 Å². The van der Waals surface area contributed by atoms with E-state index in [0.717, 1.165) is 18.8 Å². The molecule has 0 saturated carbocycles. The van der Waals surface area contributed by atoms with E-state index in [0.29, 0.717) is 4.83 Å². The van der Waals surface area contributed by atoms with E-state index in [1.54, 1.807) is 0 Å². The number of halogens is 1. The molecule has 0 spiro atoms. The lowest BCUT2D eigenvalue weighted by Crippen LogP contribution is -2.02. The monoisotopic (exact) mass is 256 g/mol. The van der Waals surface area contributed by atoms with Crippen LogP contribution < -0.4 is 4.74 Å². The van der Waals surface area contributed by atoms with Crippen LogP contribution in [0.2, 0.25) is 0 Å². The number of hydrogen-bond donors (Lipinski definition) is 0. The zero-order valence-electron chi connectivity index (χ0n) is 8.58. The van der Waals surface area contributed by atoms with E-state index in [1.807, 2.05) is 30.3 Å². The molecule has 0 radical (unpaired) electrons. The summed E-state index contributed by atoms with van der Waals surface area (Å²) in [6, 6.07) is 9.97. The summed E-state index contributed by atoms with van der Waals surface area (Å²) in [6.07, 6.45) is 3.48. The molecule has 0 aliphatic heterocycles. The van der Waals surface area contributed by atoms with Crippen molar-refractivity contribution < 1.29 is 4.74 Å². The van der Waals surface area contributed by atoms with Gasteiger partial charge in [0.15, 0.2) is 0 Å². The van der Waals surface area contributed by atoms with Crippen LogP contribution in [0, 0.1) is 0 Å². The molecule has 0 aliphatic carbocycles. The summed E-state index contributed by atoms with van der Waals surface area (Å²) in [6.45, 7) is 3.00. The molecule has 0 amide bonds. The van der Waals surface area contributed by atoms with E-state index in [2.05, 4.69) is 22.9 Å². The highest BCUT2D eigenvalue weighted by molar-refractivity contribution is 9.09. The highest BCUT2D eigenvalue weighted by Gasteiger charge is 2.00. The van der Waals surface area contributed by atoms with Crippen molar-refractivity contribution in [2.75, 3.05) is 6.61 Å². The molecule has 2 heteroatoms. The van der Waals surface area contributed by atoms with Crippen LogP contribution in [0.1, 0.15) is 26.2 Å². The fourth-order valence-corrected chi connectivity index (χ4v) is 1.54. The van der Waals surface area contributed by atoms with Gasteiger partial charge in [-0.3, -0.25) is 0 Å². The normalized spacial score (nSPS) is 12.4. The summed E-state index contributed by atoms with van der Waals surface area (Å²) in [5.74, 6) is 0.968. The summed E-state index contributed by atoms with van der Waals surface area (Å²) in [5.41, 5.74) is 0. The van der Waals surface area contributed by atoms with E-state index >= 15 is 0 Å². The van der Waals surface area contributed by atoms with Gasteiger partial charge in [0, 0.05) is 4.83 Å². The quantitative estimate of drug-likeness (QED) is 0.552. The summed E-state index contributed by atoms with van der Waals surface area (Å²) >= 11 is 3.61. The Labute approximate surface area is 94.6 Å². The Morgan fingerprint density at radius 3 is 2.64 bits per heavy atom. The Morgan fingerprint density at radius 1 is 1.29 bits per heavy atom. The van der Waals surface area contributed by atoms with Crippen LogP contribution in [0.25, 0.3) is 0 Å². The second kappa shape index (κ2) is 6.88. The summed E-state index contributed by atoms with van der Waals surface area (Å²) in [5, 5.41) is 0. The van der Waals surface area contributed by atoms with Crippen LogP contribution in [-0.4, -0.2) is 11.4 Å². The molecule has 78 valence electrons. The van der Waals surface area contributed by atoms with Crippen molar-refractivity contribution >= 4 is 15.9 Å². The van der Waals surface area contributed by atoms with Crippen LogP contribution >= 0.6 is 15.9 Å². The predicted octanol–water partition coefficient (Wildman–Crippen LogP) is 4.02. The number of rotatable bonds is 6. The van der Waals surface area contributed by atoms with Crippen LogP contribution in [0.3, 0.4) is 0 Å². The van der Waals surface area contributed by atoms with Crippen LogP contribution in [-0.2, 0) is 0 Å². The summed E-state index contributed by atoms with van der Waals surface area (Å²) < 4.78 is 5.58. The van der Waals surface area contributed by atoms with Gasteiger partial charge in [0.1, 0.15) is 5.75 Å². The largest absolute Gasteiger partial charge is 0.494 e. The molecule has 1 aromatic carbocycles. The van der Waals surface area contributed by atoms with E-state index in [1.165, 1.54) is 12.8 Å². The Morgan fingerprint density at radius 2 is 2.00 bits per heavy atom. The van der Waals surface area contributed by atoms with Crippen molar-refractivity contribution in [3.63, 3.8) is 0 Å². The Kier molecular flexibility index (Phi) is 5.69. The third kappa shape index (κ3) is 4.66. The van der Waals surface area contributed by atoms with Crippen molar-refractivity contribution in [1.82, 2.24) is 0 Å². The van der Waals surface area contributed by atoms with Gasteiger partial charge < -0.3 is 4.74 Å². The minimum absolute atomic E-state index is 0.641. The molecule has 1 unspecified atom stereocenters. The molecule has 0 bridgehead atoms. The lowest BCUT2D eigenvalue weighted by atomic mass is 10.2. The van der Waals surface area contributed by atoms with E-state index in [9.17, 15) is 0 Å². The number of para-hydroxylation sites is 1. The Bertz CT molecular complexity index is 235. The van der Waals surface area contributed by atoms with Crippen molar-refractivity contribution in [2.24, 2.45) is 0 Å². The predicted molar refractivity (Wildman–Crippen MR) is 64.2 cm³/mol. The van der Waals surface area contributed by atoms with Crippen molar-refractivity contribution in [3.8, 4) is 5.75 Å². The second-order valence-corrected chi connectivity index (χ2v) is 4.60. The molecular weight excluding hydrogens is 240 g/mol. The molecule has 1 aromatic rings. The average molecular weight is 257 g/mol. The molecule has 0 heterocycles. The zero-order chi connectivity index (χ0) is 10.2. The molecule has 0 aromatic heterocycles. The van der Waals surface area contributed by atoms with Gasteiger partial charge in [-0.05, 0) is 31.4 Å². The molecule has 1 nitrogen and oxygen atoms in total. The molecule has 0 saturated heterocycles. The second-order valence-electron chi connectivity index (χ2n) is 3.31.